The van der Waals surface area contributed by atoms with E-state index in [1.807, 2.05) is 30.3 Å². The molecule has 1 atom stereocenters. The van der Waals surface area contributed by atoms with Gasteiger partial charge in [0.05, 0.1) is 17.7 Å². The quantitative estimate of drug-likeness (QED) is 0.801. The van der Waals surface area contributed by atoms with Crippen molar-refractivity contribution in [3.63, 3.8) is 0 Å². The van der Waals surface area contributed by atoms with Crippen molar-refractivity contribution in [1.82, 2.24) is 15.5 Å². The number of aromatic nitrogens is 2. The second-order valence-corrected chi connectivity index (χ2v) is 7.12. The van der Waals surface area contributed by atoms with Gasteiger partial charge in [-0.05, 0) is 36.5 Å². The molecule has 1 aromatic carbocycles. The Balaban J connectivity index is 1.65. The summed E-state index contributed by atoms with van der Waals surface area (Å²) in [7, 11) is 0. The SMILES string of the molecule is CC(C)c1noc(C(NC/C=C/c2ccc(C#N)cc2)C2CCOCC2)n1. The molecule has 27 heavy (non-hydrogen) atoms. The van der Waals surface area contributed by atoms with Gasteiger partial charge in [-0.3, -0.25) is 0 Å². The zero-order valence-corrected chi connectivity index (χ0v) is 15.9. The number of hydrogen-bond acceptors (Lipinski definition) is 6. The minimum absolute atomic E-state index is 0.0273. The summed E-state index contributed by atoms with van der Waals surface area (Å²) in [4.78, 5) is 4.61. The molecule has 1 aliphatic heterocycles. The molecule has 0 saturated carbocycles. The van der Waals surface area contributed by atoms with Crippen molar-refractivity contribution < 1.29 is 9.26 Å². The summed E-state index contributed by atoms with van der Waals surface area (Å²) in [6.45, 7) is 6.36. The number of benzene rings is 1. The van der Waals surface area contributed by atoms with E-state index in [4.69, 9.17) is 14.5 Å². The molecule has 1 saturated heterocycles. The maximum Gasteiger partial charge on any atom is 0.244 e. The monoisotopic (exact) mass is 366 g/mol. The molecule has 3 rings (SSSR count). The molecule has 0 amide bonds. The third-order valence-corrected chi connectivity index (χ3v) is 4.78. The van der Waals surface area contributed by atoms with Crippen LogP contribution in [-0.4, -0.2) is 29.9 Å². The smallest absolute Gasteiger partial charge is 0.244 e. The summed E-state index contributed by atoms with van der Waals surface area (Å²) in [5, 5.41) is 16.5. The van der Waals surface area contributed by atoms with Crippen molar-refractivity contribution in [2.45, 2.75) is 38.6 Å². The van der Waals surface area contributed by atoms with E-state index in [1.165, 1.54) is 0 Å². The lowest BCUT2D eigenvalue weighted by atomic mass is 9.91. The average Bonchev–Trinajstić information content (AvgIpc) is 3.19. The topological polar surface area (TPSA) is 84.0 Å². The van der Waals surface area contributed by atoms with Gasteiger partial charge in [-0.1, -0.05) is 43.3 Å². The van der Waals surface area contributed by atoms with Crippen LogP contribution in [0.5, 0.6) is 0 Å². The molecule has 1 N–H and O–H groups in total. The van der Waals surface area contributed by atoms with Gasteiger partial charge in [0.2, 0.25) is 5.89 Å². The first-order chi connectivity index (χ1) is 13.2. The van der Waals surface area contributed by atoms with Crippen LogP contribution in [0.2, 0.25) is 0 Å². The van der Waals surface area contributed by atoms with Crippen LogP contribution in [0.4, 0.5) is 0 Å². The predicted octanol–water partition coefficient (Wildman–Crippen LogP) is 3.84. The van der Waals surface area contributed by atoms with Gasteiger partial charge in [0.25, 0.3) is 0 Å². The molecule has 1 aromatic heterocycles. The summed E-state index contributed by atoms with van der Waals surface area (Å²) in [5.41, 5.74) is 1.74. The Labute approximate surface area is 160 Å². The van der Waals surface area contributed by atoms with E-state index in [-0.39, 0.29) is 12.0 Å². The van der Waals surface area contributed by atoms with E-state index in [0.717, 1.165) is 37.4 Å². The molecule has 1 aliphatic rings. The second-order valence-electron chi connectivity index (χ2n) is 7.12. The lowest BCUT2D eigenvalue weighted by Gasteiger charge is -2.28. The highest BCUT2D eigenvalue weighted by Gasteiger charge is 2.29. The molecule has 0 bridgehead atoms. The fourth-order valence-electron chi connectivity index (χ4n) is 3.17. The number of nitrogens with zero attached hydrogens (tertiary/aromatic N) is 3. The number of nitrogens with one attached hydrogen (secondary N) is 1. The van der Waals surface area contributed by atoms with E-state index in [0.29, 0.717) is 23.9 Å². The number of hydrogen-bond donors (Lipinski definition) is 1. The molecule has 6 nitrogen and oxygen atoms in total. The Morgan fingerprint density at radius 2 is 2.00 bits per heavy atom. The summed E-state index contributed by atoms with van der Waals surface area (Å²) in [5.74, 6) is 2.07. The molecule has 0 aliphatic carbocycles. The van der Waals surface area contributed by atoms with Gasteiger partial charge in [-0.15, -0.1) is 0 Å². The molecule has 142 valence electrons. The van der Waals surface area contributed by atoms with Gasteiger partial charge in [0, 0.05) is 25.7 Å². The standard InChI is InChI=1S/C21H26N4O2/c1-15(2)20-24-21(27-25-20)19(18-9-12-26-13-10-18)23-11-3-4-16-5-7-17(14-22)8-6-16/h3-8,15,18-19,23H,9-13H2,1-2H3/b4-3+. The third-order valence-electron chi connectivity index (χ3n) is 4.78. The van der Waals surface area contributed by atoms with Gasteiger partial charge in [-0.25, -0.2) is 0 Å². The van der Waals surface area contributed by atoms with Crippen molar-refractivity contribution in [3.8, 4) is 6.07 Å². The average molecular weight is 366 g/mol. The van der Waals surface area contributed by atoms with Gasteiger partial charge in [-0.2, -0.15) is 10.2 Å². The van der Waals surface area contributed by atoms with Crippen molar-refractivity contribution in [2.24, 2.45) is 5.92 Å². The van der Waals surface area contributed by atoms with Crippen LogP contribution in [0.15, 0.2) is 34.9 Å². The number of ether oxygens (including phenoxy) is 1. The van der Waals surface area contributed by atoms with Crippen molar-refractivity contribution in [1.29, 1.82) is 5.26 Å². The summed E-state index contributed by atoms with van der Waals surface area (Å²) in [6.07, 6.45) is 6.09. The highest BCUT2D eigenvalue weighted by molar-refractivity contribution is 5.51. The zero-order chi connectivity index (χ0) is 19.1. The van der Waals surface area contributed by atoms with Gasteiger partial charge in [0.1, 0.15) is 0 Å². The molecule has 1 unspecified atom stereocenters. The first kappa shape index (κ1) is 19.3. The van der Waals surface area contributed by atoms with Gasteiger partial charge < -0.3 is 14.6 Å². The van der Waals surface area contributed by atoms with Crippen LogP contribution < -0.4 is 5.32 Å². The Morgan fingerprint density at radius 3 is 2.63 bits per heavy atom. The second kappa shape index (κ2) is 9.45. The Hall–Kier alpha value is -2.49. The summed E-state index contributed by atoms with van der Waals surface area (Å²) in [6, 6.07) is 9.69. The zero-order valence-electron chi connectivity index (χ0n) is 15.9. The van der Waals surface area contributed by atoms with Crippen LogP contribution in [0.3, 0.4) is 0 Å². The summed E-state index contributed by atoms with van der Waals surface area (Å²) < 4.78 is 11.1. The van der Waals surface area contributed by atoms with Crippen molar-refractivity contribution >= 4 is 6.08 Å². The number of rotatable bonds is 7. The minimum Gasteiger partial charge on any atom is -0.381 e. The Morgan fingerprint density at radius 1 is 1.26 bits per heavy atom. The van der Waals surface area contributed by atoms with E-state index in [2.05, 4.69) is 41.5 Å². The minimum atomic E-state index is 0.0273. The lowest BCUT2D eigenvalue weighted by Crippen LogP contribution is -2.32. The van der Waals surface area contributed by atoms with Gasteiger partial charge in [0.15, 0.2) is 5.82 Å². The molecule has 1 fully saturated rings. The molecule has 2 aromatic rings. The third kappa shape index (κ3) is 5.25. The Bertz CT molecular complexity index is 783. The van der Waals surface area contributed by atoms with Gasteiger partial charge >= 0.3 is 0 Å². The molecule has 0 radical (unpaired) electrons. The number of nitriles is 1. The van der Waals surface area contributed by atoms with Crippen LogP contribution in [0, 0.1) is 17.2 Å². The molecule has 6 heteroatoms. The van der Waals surface area contributed by atoms with Crippen molar-refractivity contribution in [3.05, 3.63) is 53.2 Å². The first-order valence-electron chi connectivity index (χ1n) is 9.48. The van der Waals surface area contributed by atoms with E-state index < -0.39 is 0 Å². The van der Waals surface area contributed by atoms with Crippen LogP contribution in [0.25, 0.3) is 6.08 Å². The van der Waals surface area contributed by atoms with E-state index in [9.17, 15) is 0 Å². The van der Waals surface area contributed by atoms with E-state index >= 15 is 0 Å². The largest absolute Gasteiger partial charge is 0.381 e. The predicted molar refractivity (Wildman–Crippen MR) is 103 cm³/mol. The molecular formula is C21H26N4O2. The fraction of sp³-hybridized carbons (Fsp3) is 0.476. The normalized spacial score (nSPS) is 16.7. The first-order valence-corrected chi connectivity index (χ1v) is 9.48. The van der Waals surface area contributed by atoms with E-state index in [1.54, 1.807) is 0 Å². The van der Waals surface area contributed by atoms with Crippen LogP contribution in [-0.2, 0) is 4.74 Å². The highest BCUT2D eigenvalue weighted by Crippen LogP contribution is 2.29. The fourth-order valence-corrected chi connectivity index (χ4v) is 3.17. The highest BCUT2D eigenvalue weighted by atomic mass is 16.5. The Kier molecular flexibility index (Phi) is 6.74. The molecular weight excluding hydrogens is 340 g/mol. The van der Waals surface area contributed by atoms with Crippen LogP contribution in [0.1, 0.15) is 61.5 Å². The molecule has 2 heterocycles. The van der Waals surface area contributed by atoms with Crippen molar-refractivity contribution in [2.75, 3.05) is 19.8 Å². The summed E-state index contributed by atoms with van der Waals surface area (Å²) >= 11 is 0. The maximum absolute atomic E-state index is 8.86. The van der Waals surface area contributed by atoms with Crippen LogP contribution >= 0.6 is 0 Å². The lowest BCUT2D eigenvalue weighted by molar-refractivity contribution is 0.0494. The molecule has 0 spiro atoms. The maximum atomic E-state index is 8.86.